The van der Waals surface area contributed by atoms with E-state index < -0.39 is 0 Å². The monoisotopic (exact) mass is 374 g/mol. The summed E-state index contributed by atoms with van der Waals surface area (Å²) in [6.07, 6.45) is 3.44. The molecule has 0 aliphatic carbocycles. The molecule has 3 heterocycles. The summed E-state index contributed by atoms with van der Waals surface area (Å²) in [7, 11) is 0. The third-order valence-electron chi connectivity index (χ3n) is 5.93. The van der Waals surface area contributed by atoms with Crippen LogP contribution in [-0.2, 0) is 4.74 Å². The van der Waals surface area contributed by atoms with Gasteiger partial charge in [-0.1, -0.05) is 42.5 Å². The van der Waals surface area contributed by atoms with Crippen molar-refractivity contribution in [2.45, 2.75) is 31.3 Å². The second-order valence-electron chi connectivity index (χ2n) is 7.75. The lowest BCUT2D eigenvalue weighted by atomic mass is 10.0. The van der Waals surface area contributed by atoms with E-state index in [0.717, 1.165) is 67.3 Å². The summed E-state index contributed by atoms with van der Waals surface area (Å²) in [5.41, 5.74) is 2.03. The minimum absolute atomic E-state index is 0.445. The van der Waals surface area contributed by atoms with Crippen molar-refractivity contribution >= 4 is 16.7 Å². The highest BCUT2D eigenvalue weighted by Gasteiger charge is 2.28. The second-order valence-corrected chi connectivity index (χ2v) is 7.75. The van der Waals surface area contributed by atoms with Crippen molar-refractivity contribution in [2.75, 3.05) is 31.6 Å². The number of anilines is 1. The van der Waals surface area contributed by atoms with Crippen molar-refractivity contribution in [3.05, 3.63) is 54.6 Å². The van der Waals surface area contributed by atoms with E-state index in [0.29, 0.717) is 12.1 Å². The first kappa shape index (κ1) is 17.6. The zero-order valence-corrected chi connectivity index (χ0v) is 16.1. The Morgan fingerprint density at radius 2 is 1.68 bits per heavy atom. The van der Waals surface area contributed by atoms with Crippen molar-refractivity contribution < 1.29 is 4.74 Å². The maximum absolute atomic E-state index is 5.56. The van der Waals surface area contributed by atoms with E-state index in [9.17, 15) is 0 Å². The van der Waals surface area contributed by atoms with Crippen LogP contribution in [0.2, 0.25) is 0 Å². The SMILES string of the molecule is c1ccc(-c2nc(NC3CCN(C4CCOC4)CC3)c3ccccc3n2)cc1. The maximum Gasteiger partial charge on any atom is 0.162 e. The van der Waals surface area contributed by atoms with Crippen molar-refractivity contribution in [1.29, 1.82) is 0 Å². The fourth-order valence-electron chi connectivity index (χ4n) is 4.32. The standard InChI is InChI=1S/C23H26N4O/c1-2-6-17(7-3-1)22-25-21-9-5-4-8-20(21)23(26-22)24-18-10-13-27(14-11-18)19-12-15-28-16-19/h1-9,18-19H,10-16H2,(H,24,25,26). The van der Waals surface area contributed by atoms with Gasteiger partial charge in [0.15, 0.2) is 5.82 Å². The van der Waals surface area contributed by atoms with Crippen LogP contribution >= 0.6 is 0 Å². The Labute approximate surface area is 165 Å². The number of benzene rings is 2. The van der Waals surface area contributed by atoms with Crippen LogP contribution in [0.15, 0.2) is 54.6 Å². The van der Waals surface area contributed by atoms with Crippen LogP contribution in [0.25, 0.3) is 22.3 Å². The Balaban J connectivity index is 1.38. The molecule has 144 valence electrons. The number of piperidine rings is 1. The largest absolute Gasteiger partial charge is 0.380 e. The molecular weight excluding hydrogens is 348 g/mol. The van der Waals surface area contributed by atoms with Gasteiger partial charge in [0.05, 0.1) is 12.1 Å². The van der Waals surface area contributed by atoms with Crippen LogP contribution in [0.1, 0.15) is 19.3 Å². The summed E-state index contributed by atoms with van der Waals surface area (Å²) in [4.78, 5) is 12.3. The third-order valence-corrected chi connectivity index (χ3v) is 5.93. The minimum Gasteiger partial charge on any atom is -0.380 e. The number of nitrogens with one attached hydrogen (secondary N) is 1. The summed E-state index contributed by atoms with van der Waals surface area (Å²) in [5.74, 6) is 1.73. The topological polar surface area (TPSA) is 50.3 Å². The molecule has 1 atom stereocenters. The molecule has 1 unspecified atom stereocenters. The molecule has 0 amide bonds. The molecule has 0 spiro atoms. The highest BCUT2D eigenvalue weighted by Crippen LogP contribution is 2.27. The van der Waals surface area contributed by atoms with Crippen LogP contribution < -0.4 is 5.32 Å². The molecule has 28 heavy (non-hydrogen) atoms. The van der Waals surface area contributed by atoms with Crippen LogP contribution in [0.4, 0.5) is 5.82 Å². The summed E-state index contributed by atoms with van der Waals surface area (Å²) in [6, 6.07) is 19.5. The molecule has 5 heteroatoms. The van der Waals surface area contributed by atoms with E-state index in [2.05, 4.69) is 40.5 Å². The minimum atomic E-state index is 0.445. The molecule has 2 aromatic carbocycles. The zero-order chi connectivity index (χ0) is 18.8. The van der Waals surface area contributed by atoms with E-state index in [4.69, 9.17) is 14.7 Å². The molecule has 3 aromatic rings. The van der Waals surface area contributed by atoms with Gasteiger partial charge in [-0.25, -0.2) is 9.97 Å². The van der Waals surface area contributed by atoms with Gasteiger partial charge in [-0.3, -0.25) is 4.90 Å². The summed E-state index contributed by atoms with van der Waals surface area (Å²) >= 11 is 0. The van der Waals surface area contributed by atoms with Crippen LogP contribution in [0.5, 0.6) is 0 Å². The molecule has 0 bridgehead atoms. The highest BCUT2D eigenvalue weighted by molar-refractivity contribution is 5.90. The Kier molecular flexibility index (Phi) is 4.93. The number of ether oxygens (including phenoxy) is 1. The van der Waals surface area contributed by atoms with Gasteiger partial charge in [-0.05, 0) is 31.4 Å². The maximum atomic E-state index is 5.56. The fraction of sp³-hybridized carbons (Fsp3) is 0.391. The predicted octanol–water partition coefficient (Wildman–Crippen LogP) is 3.96. The molecule has 1 aromatic heterocycles. The normalized spacial score (nSPS) is 21.2. The number of nitrogens with zero attached hydrogens (tertiary/aromatic N) is 3. The molecule has 0 radical (unpaired) electrons. The number of aromatic nitrogens is 2. The highest BCUT2D eigenvalue weighted by atomic mass is 16.5. The molecule has 1 N–H and O–H groups in total. The van der Waals surface area contributed by atoms with Gasteiger partial charge in [-0.2, -0.15) is 0 Å². The molecule has 0 saturated carbocycles. The van der Waals surface area contributed by atoms with Crippen LogP contribution in [0, 0.1) is 0 Å². The van der Waals surface area contributed by atoms with Crippen molar-refractivity contribution in [2.24, 2.45) is 0 Å². The van der Waals surface area contributed by atoms with Gasteiger partial charge in [0, 0.05) is 42.7 Å². The Bertz CT molecular complexity index is 932. The Hall–Kier alpha value is -2.50. The molecule has 5 nitrogen and oxygen atoms in total. The predicted molar refractivity (Wildman–Crippen MR) is 112 cm³/mol. The van der Waals surface area contributed by atoms with Gasteiger partial charge in [-0.15, -0.1) is 0 Å². The average molecular weight is 374 g/mol. The van der Waals surface area contributed by atoms with Gasteiger partial charge >= 0.3 is 0 Å². The quantitative estimate of drug-likeness (QED) is 0.749. The smallest absolute Gasteiger partial charge is 0.162 e. The van der Waals surface area contributed by atoms with Gasteiger partial charge in [0.25, 0.3) is 0 Å². The van der Waals surface area contributed by atoms with Crippen molar-refractivity contribution in [1.82, 2.24) is 14.9 Å². The first-order valence-electron chi connectivity index (χ1n) is 10.3. The number of hydrogen-bond acceptors (Lipinski definition) is 5. The molecule has 2 aliphatic heterocycles. The zero-order valence-electron chi connectivity index (χ0n) is 16.1. The first-order valence-corrected chi connectivity index (χ1v) is 10.3. The van der Waals surface area contributed by atoms with E-state index in [1.807, 2.05) is 24.3 Å². The lowest BCUT2D eigenvalue weighted by Gasteiger charge is -2.35. The molecule has 5 rings (SSSR count). The first-order chi connectivity index (χ1) is 13.9. The van der Waals surface area contributed by atoms with E-state index in [1.54, 1.807) is 0 Å². The second kappa shape index (κ2) is 7.86. The number of rotatable bonds is 4. The molecular formula is C23H26N4O. The van der Waals surface area contributed by atoms with Crippen LogP contribution in [0.3, 0.4) is 0 Å². The van der Waals surface area contributed by atoms with E-state index in [1.165, 1.54) is 6.42 Å². The van der Waals surface area contributed by atoms with Gasteiger partial charge in [0.1, 0.15) is 5.82 Å². The molecule has 2 saturated heterocycles. The van der Waals surface area contributed by atoms with E-state index >= 15 is 0 Å². The fourth-order valence-corrected chi connectivity index (χ4v) is 4.32. The summed E-state index contributed by atoms with van der Waals surface area (Å²) in [6.45, 7) is 4.06. The number of likely N-dealkylation sites (tertiary alicyclic amines) is 1. The number of hydrogen-bond donors (Lipinski definition) is 1. The number of fused-ring (bicyclic) bond motifs is 1. The van der Waals surface area contributed by atoms with E-state index in [-0.39, 0.29) is 0 Å². The Morgan fingerprint density at radius 3 is 2.46 bits per heavy atom. The van der Waals surface area contributed by atoms with Gasteiger partial charge < -0.3 is 10.1 Å². The average Bonchev–Trinajstić information content (AvgIpc) is 3.30. The van der Waals surface area contributed by atoms with Crippen molar-refractivity contribution in [3.8, 4) is 11.4 Å². The molecule has 2 fully saturated rings. The number of para-hydroxylation sites is 1. The lowest BCUT2D eigenvalue weighted by molar-refractivity contribution is 0.124. The Morgan fingerprint density at radius 1 is 0.893 bits per heavy atom. The van der Waals surface area contributed by atoms with Crippen molar-refractivity contribution in [3.63, 3.8) is 0 Å². The summed E-state index contributed by atoms with van der Waals surface area (Å²) in [5, 5.41) is 4.83. The lowest BCUT2D eigenvalue weighted by Crippen LogP contribution is -2.45. The third kappa shape index (κ3) is 3.60. The molecule has 2 aliphatic rings. The van der Waals surface area contributed by atoms with Gasteiger partial charge in [0.2, 0.25) is 0 Å². The van der Waals surface area contributed by atoms with Crippen LogP contribution in [-0.4, -0.2) is 53.3 Å². The summed E-state index contributed by atoms with van der Waals surface area (Å²) < 4.78 is 5.56.